The van der Waals surface area contributed by atoms with Crippen molar-refractivity contribution < 1.29 is 19.0 Å². The van der Waals surface area contributed by atoms with Gasteiger partial charge in [-0.2, -0.15) is 0 Å². The number of ether oxygens (including phenoxy) is 3. The number of hydrogen-bond acceptors (Lipinski definition) is 5. The molecular weight excluding hydrogens is 454 g/mol. The fourth-order valence-corrected chi connectivity index (χ4v) is 4.43. The Kier molecular flexibility index (Phi) is 6.62. The Morgan fingerprint density at radius 3 is 2.42 bits per heavy atom. The SMILES string of the molecule is CCn1c(-c2ccccc2)nc(-c2ccc3c(c2)OCCO3)c1C(=O)N[C@H](C)c1ccc(OC)cc1. The number of nitrogens with one attached hydrogen (secondary N) is 1. The highest BCUT2D eigenvalue weighted by Gasteiger charge is 2.26. The van der Waals surface area contributed by atoms with Crippen molar-refractivity contribution in [1.82, 2.24) is 14.9 Å². The van der Waals surface area contributed by atoms with Crippen molar-refractivity contribution >= 4 is 5.91 Å². The van der Waals surface area contributed by atoms with Gasteiger partial charge < -0.3 is 24.1 Å². The number of amides is 1. The van der Waals surface area contributed by atoms with E-state index in [0.29, 0.717) is 42.6 Å². The number of benzene rings is 3. The lowest BCUT2D eigenvalue weighted by Gasteiger charge is -2.19. The fraction of sp³-hybridized carbons (Fsp3) is 0.241. The second-order valence-corrected chi connectivity index (χ2v) is 8.57. The number of carbonyl (C=O) groups is 1. The fourth-order valence-electron chi connectivity index (χ4n) is 4.43. The lowest BCUT2D eigenvalue weighted by molar-refractivity contribution is 0.0931. The number of rotatable bonds is 7. The molecule has 3 aromatic carbocycles. The Balaban J connectivity index is 1.57. The molecule has 1 aliphatic rings. The zero-order valence-electron chi connectivity index (χ0n) is 20.7. The van der Waals surface area contributed by atoms with Gasteiger partial charge in [0.1, 0.15) is 36.2 Å². The molecule has 0 aliphatic carbocycles. The summed E-state index contributed by atoms with van der Waals surface area (Å²) in [6.07, 6.45) is 0. The highest BCUT2D eigenvalue weighted by molar-refractivity contribution is 6.00. The van der Waals surface area contributed by atoms with Crippen LogP contribution in [0.3, 0.4) is 0 Å². The molecule has 1 atom stereocenters. The highest BCUT2D eigenvalue weighted by Crippen LogP contribution is 2.37. The van der Waals surface area contributed by atoms with Gasteiger partial charge in [0.2, 0.25) is 0 Å². The van der Waals surface area contributed by atoms with Crippen LogP contribution in [0.1, 0.15) is 35.9 Å². The van der Waals surface area contributed by atoms with Crippen molar-refractivity contribution in [3.05, 3.63) is 84.1 Å². The zero-order valence-corrected chi connectivity index (χ0v) is 20.7. The van der Waals surface area contributed by atoms with E-state index in [4.69, 9.17) is 19.2 Å². The first-order valence-corrected chi connectivity index (χ1v) is 12.1. The van der Waals surface area contributed by atoms with E-state index >= 15 is 0 Å². The smallest absolute Gasteiger partial charge is 0.270 e. The van der Waals surface area contributed by atoms with Gasteiger partial charge in [0.05, 0.1) is 13.2 Å². The van der Waals surface area contributed by atoms with Gasteiger partial charge in [0, 0.05) is 17.7 Å². The predicted molar refractivity (Wildman–Crippen MR) is 139 cm³/mol. The number of carbonyl (C=O) groups excluding carboxylic acids is 1. The normalized spacial score (nSPS) is 13.2. The molecular formula is C29H29N3O4. The molecule has 0 spiro atoms. The molecule has 1 amide bonds. The third-order valence-corrected chi connectivity index (χ3v) is 6.31. The van der Waals surface area contributed by atoms with Crippen LogP contribution in [0.4, 0.5) is 0 Å². The van der Waals surface area contributed by atoms with Crippen LogP contribution in [0.15, 0.2) is 72.8 Å². The van der Waals surface area contributed by atoms with E-state index in [-0.39, 0.29) is 11.9 Å². The average molecular weight is 484 g/mol. The van der Waals surface area contributed by atoms with E-state index in [1.54, 1.807) is 7.11 Å². The first-order valence-electron chi connectivity index (χ1n) is 12.1. The summed E-state index contributed by atoms with van der Waals surface area (Å²) >= 11 is 0. The Labute approximate surface area is 210 Å². The molecule has 1 aliphatic heterocycles. The Bertz CT molecular complexity index is 1360. The molecule has 0 saturated heterocycles. The van der Waals surface area contributed by atoms with Crippen LogP contribution >= 0.6 is 0 Å². The summed E-state index contributed by atoms with van der Waals surface area (Å²) in [5.41, 5.74) is 3.84. The first kappa shape index (κ1) is 23.5. The van der Waals surface area contributed by atoms with Crippen molar-refractivity contribution in [2.24, 2.45) is 0 Å². The average Bonchev–Trinajstić information content (AvgIpc) is 3.33. The Morgan fingerprint density at radius 2 is 1.72 bits per heavy atom. The van der Waals surface area contributed by atoms with E-state index in [0.717, 1.165) is 28.3 Å². The molecule has 0 saturated carbocycles. The molecule has 184 valence electrons. The maximum atomic E-state index is 13.8. The van der Waals surface area contributed by atoms with Crippen LogP contribution in [0.2, 0.25) is 0 Å². The largest absolute Gasteiger partial charge is 0.497 e. The molecule has 0 unspecified atom stereocenters. The third-order valence-electron chi connectivity index (χ3n) is 6.31. The van der Waals surface area contributed by atoms with Gasteiger partial charge in [-0.1, -0.05) is 42.5 Å². The molecule has 2 heterocycles. The van der Waals surface area contributed by atoms with Gasteiger partial charge in [-0.05, 0) is 49.7 Å². The lowest BCUT2D eigenvalue weighted by Crippen LogP contribution is -2.29. The molecule has 4 aromatic rings. The van der Waals surface area contributed by atoms with E-state index in [9.17, 15) is 4.79 Å². The summed E-state index contributed by atoms with van der Waals surface area (Å²) in [6, 6.07) is 23.1. The third kappa shape index (κ3) is 4.52. The van der Waals surface area contributed by atoms with Crippen molar-refractivity contribution in [3.8, 4) is 39.9 Å². The predicted octanol–water partition coefficient (Wildman–Crippen LogP) is 5.51. The molecule has 1 N–H and O–H groups in total. The van der Waals surface area contributed by atoms with Crippen LogP contribution < -0.4 is 19.5 Å². The minimum Gasteiger partial charge on any atom is -0.497 e. The van der Waals surface area contributed by atoms with Gasteiger partial charge in [0.25, 0.3) is 5.91 Å². The van der Waals surface area contributed by atoms with Gasteiger partial charge in [-0.3, -0.25) is 4.79 Å². The summed E-state index contributed by atoms with van der Waals surface area (Å²) in [6.45, 7) is 5.58. The Hall–Kier alpha value is -4.26. The van der Waals surface area contributed by atoms with Crippen LogP contribution in [-0.4, -0.2) is 35.8 Å². The minimum absolute atomic E-state index is 0.195. The van der Waals surface area contributed by atoms with Gasteiger partial charge in [-0.25, -0.2) is 4.98 Å². The van der Waals surface area contributed by atoms with Gasteiger partial charge in [-0.15, -0.1) is 0 Å². The molecule has 0 radical (unpaired) electrons. The van der Waals surface area contributed by atoms with Crippen molar-refractivity contribution in [2.45, 2.75) is 26.4 Å². The number of imidazole rings is 1. The van der Waals surface area contributed by atoms with Crippen molar-refractivity contribution in [2.75, 3.05) is 20.3 Å². The molecule has 1 aromatic heterocycles. The topological polar surface area (TPSA) is 74.6 Å². The molecule has 36 heavy (non-hydrogen) atoms. The monoisotopic (exact) mass is 483 g/mol. The molecule has 5 rings (SSSR count). The summed E-state index contributed by atoms with van der Waals surface area (Å²) in [5, 5.41) is 3.17. The minimum atomic E-state index is -0.211. The van der Waals surface area contributed by atoms with E-state index in [2.05, 4.69) is 5.32 Å². The van der Waals surface area contributed by atoms with Crippen LogP contribution in [0.25, 0.3) is 22.6 Å². The van der Waals surface area contributed by atoms with Crippen molar-refractivity contribution in [1.29, 1.82) is 0 Å². The number of hydrogen-bond donors (Lipinski definition) is 1. The zero-order chi connectivity index (χ0) is 25.1. The number of aromatic nitrogens is 2. The van der Waals surface area contributed by atoms with E-state index in [1.807, 2.05) is 91.2 Å². The lowest BCUT2D eigenvalue weighted by atomic mass is 10.1. The maximum Gasteiger partial charge on any atom is 0.270 e. The highest BCUT2D eigenvalue weighted by atomic mass is 16.6. The molecule has 0 bridgehead atoms. The van der Waals surface area contributed by atoms with E-state index < -0.39 is 0 Å². The number of nitrogens with zero attached hydrogens (tertiary/aromatic N) is 2. The Morgan fingerprint density at radius 1 is 1.00 bits per heavy atom. The number of fused-ring (bicyclic) bond motifs is 1. The second kappa shape index (κ2) is 10.2. The number of methoxy groups -OCH3 is 1. The van der Waals surface area contributed by atoms with E-state index in [1.165, 1.54) is 0 Å². The maximum absolute atomic E-state index is 13.8. The molecule has 0 fully saturated rings. The summed E-state index contributed by atoms with van der Waals surface area (Å²) < 4.78 is 18.7. The van der Waals surface area contributed by atoms with Crippen molar-refractivity contribution in [3.63, 3.8) is 0 Å². The first-order chi connectivity index (χ1) is 17.6. The standard InChI is InChI=1S/C29H29N3O4/c1-4-32-27(29(33)30-19(2)20-10-13-23(34-3)14-11-20)26(31-28(32)21-8-6-5-7-9-21)22-12-15-24-25(18-22)36-17-16-35-24/h5-15,18-19H,4,16-17H2,1-3H3,(H,30,33)/t19-/m1/s1. The summed E-state index contributed by atoms with van der Waals surface area (Å²) in [5.74, 6) is 2.67. The summed E-state index contributed by atoms with van der Waals surface area (Å²) in [7, 11) is 1.63. The van der Waals surface area contributed by atoms with Crippen LogP contribution in [0, 0.1) is 0 Å². The second-order valence-electron chi connectivity index (χ2n) is 8.57. The molecule has 7 heteroatoms. The van der Waals surface area contributed by atoms with Crippen LogP contribution in [-0.2, 0) is 6.54 Å². The molecule has 7 nitrogen and oxygen atoms in total. The quantitative estimate of drug-likeness (QED) is 0.375. The van der Waals surface area contributed by atoms with Gasteiger partial charge in [0.15, 0.2) is 11.5 Å². The summed E-state index contributed by atoms with van der Waals surface area (Å²) in [4.78, 5) is 18.8. The van der Waals surface area contributed by atoms with Gasteiger partial charge >= 0.3 is 0 Å². The van der Waals surface area contributed by atoms with Crippen LogP contribution in [0.5, 0.6) is 17.2 Å².